The molecule has 0 spiro atoms. The Kier molecular flexibility index (Phi) is 6.10. The first-order chi connectivity index (χ1) is 11.1. The van der Waals surface area contributed by atoms with Crippen LogP contribution in [0.25, 0.3) is 0 Å². The molecule has 1 aromatic carbocycles. The molecule has 1 aromatic heterocycles. The highest BCUT2D eigenvalue weighted by Gasteiger charge is 2.21. The lowest BCUT2D eigenvalue weighted by Gasteiger charge is -2.13. The van der Waals surface area contributed by atoms with Crippen molar-refractivity contribution in [2.45, 2.75) is 26.1 Å². The minimum atomic E-state index is -1.06. The Labute approximate surface area is 131 Å². The summed E-state index contributed by atoms with van der Waals surface area (Å²) < 4.78 is 40.0. The Morgan fingerprint density at radius 2 is 1.96 bits per heavy atom. The minimum absolute atomic E-state index is 0.0962. The first-order valence-corrected chi connectivity index (χ1v) is 7.02. The quantitative estimate of drug-likeness (QED) is 0.744. The fraction of sp³-hybridized carbons (Fsp3) is 0.312. The molecule has 0 saturated heterocycles. The summed E-state index contributed by atoms with van der Waals surface area (Å²) in [6.45, 7) is 2.06. The Balaban J connectivity index is 1.91. The van der Waals surface area contributed by atoms with Crippen molar-refractivity contribution in [3.05, 3.63) is 53.7 Å². The average Bonchev–Trinajstić information content (AvgIpc) is 2.98. The molecule has 0 aliphatic carbocycles. The van der Waals surface area contributed by atoms with Crippen molar-refractivity contribution in [1.82, 2.24) is 0 Å². The van der Waals surface area contributed by atoms with Gasteiger partial charge in [-0.05, 0) is 30.7 Å². The highest BCUT2D eigenvalue weighted by Crippen LogP contribution is 2.17. The Hall–Kier alpha value is -2.41. The van der Waals surface area contributed by atoms with E-state index in [9.17, 15) is 13.7 Å². The first-order valence-electron chi connectivity index (χ1n) is 7.02. The van der Waals surface area contributed by atoms with E-state index in [2.05, 4.69) is 4.94 Å². The van der Waals surface area contributed by atoms with Gasteiger partial charge in [0.15, 0.2) is 6.10 Å². The van der Waals surface area contributed by atoms with E-state index in [1.807, 2.05) is 0 Å². The lowest BCUT2D eigenvalue weighted by atomic mass is 10.1. The molecule has 1 unspecified atom stereocenters. The molecule has 5 nitrogen and oxygen atoms in total. The smallest absolute Gasteiger partial charge is 0.377 e. The Bertz CT molecular complexity index is 624. The molecule has 7 heteroatoms. The summed E-state index contributed by atoms with van der Waals surface area (Å²) in [5, 5.41) is 0. The molecule has 0 aliphatic rings. The molecule has 0 aliphatic heterocycles. The third-order valence-corrected chi connectivity index (χ3v) is 3.06. The van der Waals surface area contributed by atoms with Crippen molar-refractivity contribution < 1.29 is 32.5 Å². The molecule has 0 saturated carbocycles. The number of hydrogen-bond donors (Lipinski definition) is 0. The topological polar surface area (TPSA) is 57.9 Å². The molecule has 2 rings (SSSR count). The van der Waals surface area contributed by atoms with Gasteiger partial charge < -0.3 is 13.9 Å². The second-order valence-corrected chi connectivity index (χ2v) is 4.68. The van der Waals surface area contributed by atoms with E-state index in [0.29, 0.717) is 11.5 Å². The monoisotopic (exact) mass is 326 g/mol. The van der Waals surface area contributed by atoms with Crippen molar-refractivity contribution in [3.8, 4) is 5.75 Å². The van der Waals surface area contributed by atoms with Crippen molar-refractivity contribution in [2.24, 2.45) is 0 Å². The summed E-state index contributed by atoms with van der Waals surface area (Å²) >= 11 is 0. The fourth-order valence-corrected chi connectivity index (χ4v) is 1.98. The molecule has 1 heterocycles. The van der Waals surface area contributed by atoms with Crippen LogP contribution >= 0.6 is 0 Å². The van der Waals surface area contributed by atoms with Crippen LogP contribution in [-0.2, 0) is 27.5 Å². The van der Waals surface area contributed by atoms with Gasteiger partial charge in [0.25, 0.3) is 6.01 Å². The fourth-order valence-electron chi connectivity index (χ4n) is 1.98. The molecule has 1 atom stereocenters. The van der Waals surface area contributed by atoms with Crippen LogP contribution in [0, 0.1) is 6.01 Å². The highest BCUT2D eigenvalue weighted by molar-refractivity contribution is 5.74. The SMILES string of the molecule is CCOC(Cc1ccc(OCc2ccc(F)o2)cc1)C(=O)OF. The van der Waals surface area contributed by atoms with Gasteiger partial charge in [0.05, 0.1) is 0 Å². The summed E-state index contributed by atoms with van der Waals surface area (Å²) in [5.41, 5.74) is 0.755. The molecule has 0 amide bonds. The molecule has 0 N–H and O–H groups in total. The summed E-state index contributed by atoms with van der Waals surface area (Å²) in [5.74, 6) is -0.146. The minimum Gasteiger partial charge on any atom is -0.486 e. The number of furan rings is 1. The van der Waals surface area contributed by atoms with E-state index in [4.69, 9.17) is 13.9 Å². The molecule has 0 bridgehead atoms. The van der Waals surface area contributed by atoms with Gasteiger partial charge in [0.1, 0.15) is 18.1 Å². The van der Waals surface area contributed by atoms with Gasteiger partial charge in [-0.25, -0.2) is 4.79 Å². The number of rotatable bonds is 8. The summed E-state index contributed by atoms with van der Waals surface area (Å²) in [4.78, 5) is 14.5. The second-order valence-electron chi connectivity index (χ2n) is 4.68. The summed E-state index contributed by atoms with van der Waals surface area (Å²) in [6.07, 6.45) is -0.817. The first kappa shape index (κ1) is 17.0. The van der Waals surface area contributed by atoms with Gasteiger partial charge in [-0.2, -0.15) is 4.39 Å². The maximum absolute atomic E-state index is 12.7. The number of halogens is 2. The van der Waals surface area contributed by atoms with Crippen LogP contribution in [0.4, 0.5) is 8.92 Å². The molecule has 0 fully saturated rings. The number of carbonyl (C=O) groups excluding carboxylic acids is 1. The Morgan fingerprint density at radius 3 is 2.52 bits per heavy atom. The zero-order valence-corrected chi connectivity index (χ0v) is 12.5. The number of carbonyl (C=O) groups is 1. The van der Waals surface area contributed by atoms with Crippen LogP contribution in [0.15, 0.2) is 40.8 Å². The lowest BCUT2D eigenvalue weighted by molar-refractivity contribution is -0.196. The Morgan fingerprint density at radius 1 is 1.22 bits per heavy atom. The molecule has 2 aromatic rings. The number of hydrogen-bond acceptors (Lipinski definition) is 5. The predicted octanol–water partition coefficient (Wildman–Crippen LogP) is 3.37. The van der Waals surface area contributed by atoms with Gasteiger partial charge in [-0.15, -0.1) is 0 Å². The van der Waals surface area contributed by atoms with E-state index in [1.165, 1.54) is 12.1 Å². The van der Waals surface area contributed by atoms with E-state index < -0.39 is 18.1 Å². The predicted molar refractivity (Wildman–Crippen MR) is 75.8 cm³/mol. The molecular weight excluding hydrogens is 310 g/mol. The van der Waals surface area contributed by atoms with Crippen molar-refractivity contribution >= 4 is 5.97 Å². The van der Waals surface area contributed by atoms with Crippen molar-refractivity contribution in [1.29, 1.82) is 0 Å². The van der Waals surface area contributed by atoms with Crippen LogP contribution in [0.3, 0.4) is 0 Å². The van der Waals surface area contributed by atoms with E-state index in [-0.39, 0.29) is 19.6 Å². The normalized spacial score (nSPS) is 12.0. The zero-order chi connectivity index (χ0) is 16.7. The van der Waals surface area contributed by atoms with Crippen LogP contribution in [0.1, 0.15) is 18.2 Å². The van der Waals surface area contributed by atoms with Gasteiger partial charge in [0.2, 0.25) is 0 Å². The lowest BCUT2D eigenvalue weighted by Crippen LogP contribution is -2.27. The standard InChI is InChI=1S/C16H16F2O5/c1-2-20-14(16(19)23-18)9-11-3-5-12(6-4-11)21-10-13-7-8-15(17)22-13/h3-8,14H,2,9-10H2,1H3. The van der Waals surface area contributed by atoms with Gasteiger partial charge in [-0.3, -0.25) is 4.94 Å². The number of benzene rings is 1. The second kappa shape index (κ2) is 8.28. The maximum Gasteiger partial charge on any atom is 0.377 e. The summed E-state index contributed by atoms with van der Waals surface area (Å²) in [7, 11) is 0. The largest absolute Gasteiger partial charge is 0.486 e. The molecular formula is C16H16F2O5. The van der Waals surface area contributed by atoms with Crippen LogP contribution in [0.5, 0.6) is 5.75 Å². The molecule has 23 heavy (non-hydrogen) atoms. The number of ether oxygens (including phenoxy) is 2. The highest BCUT2D eigenvalue weighted by atomic mass is 19.3. The van der Waals surface area contributed by atoms with E-state index in [0.717, 1.165) is 5.56 Å². The van der Waals surface area contributed by atoms with Gasteiger partial charge in [0, 0.05) is 23.6 Å². The maximum atomic E-state index is 12.7. The molecule has 0 radical (unpaired) electrons. The van der Waals surface area contributed by atoms with Crippen molar-refractivity contribution in [3.63, 3.8) is 0 Å². The van der Waals surface area contributed by atoms with Gasteiger partial charge in [-0.1, -0.05) is 12.1 Å². The molecule has 124 valence electrons. The van der Waals surface area contributed by atoms with E-state index >= 15 is 0 Å². The third-order valence-electron chi connectivity index (χ3n) is 3.06. The third kappa shape index (κ3) is 5.07. The van der Waals surface area contributed by atoms with Crippen LogP contribution in [-0.4, -0.2) is 18.7 Å². The zero-order valence-electron chi connectivity index (χ0n) is 12.5. The van der Waals surface area contributed by atoms with Crippen LogP contribution < -0.4 is 4.74 Å². The summed E-state index contributed by atoms with van der Waals surface area (Å²) in [6, 6.07) is 8.82. The van der Waals surface area contributed by atoms with Gasteiger partial charge >= 0.3 is 5.97 Å². The van der Waals surface area contributed by atoms with Crippen molar-refractivity contribution in [2.75, 3.05) is 6.61 Å². The van der Waals surface area contributed by atoms with E-state index in [1.54, 1.807) is 31.2 Å². The average molecular weight is 326 g/mol. The van der Waals surface area contributed by atoms with Crippen LogP contribution in [0.2, 0.25) is 0 Å².